The van der Waals surface area contributed by atoms with Gasteiger partial charge in [0.2, 0.25) is 0 Å². The highest BCUT2D eigenvalue weighted by molar-refractivity contribution is 5.99. The second kappa shape index (κ2) is 9.69. The summed E-state index contributed by atoms with van der Waals surface area (Å²) >= 11 is 0. The first-order valence-corrected chi connectivity index (χ1v) is 9.46. The summed E-state index contributed by atoms with van der Waals surface area (Å²) in [5.41, 5.74) is 2.57. The fraction of sp³-hybridized carbons (Fsp3) is 0.455. The Labute approximate surface area is 170 Å². The molecule has 1 atom stereocenters. The van der Waals surface area contributed by atoms with E-state index in [2.05, 4.69) is 0 Å². The van der Waals surface area contributed by atoms with E-state index >= 15 is 0 Å². The highest BCUT2D eigenvalue weighted by atomic mass is 19.1. The van der Waals surface area contributed by atoms with Gasteiger partial charge in [-0.15, -0.1) is 0 Å². The van der Waals surface area contributed by atoms with Gasteiger partial charge in [-0.2, -0.15) is 0 Å². The molecule has 0 amide bonds. The molecule has 0 saturated heterocycles. The molecule has 0 spiro atoms. The Morgan fingerprint density at radius 1 is 1.03 bits per heavy atom. The molecule has 0 fully saturated rings. The summed E-state index contributed by atoms with van der Waals surface area (Å²) in [5.74, 6) is -2.21. The number of allylic oxidation sites excluding steroid dienone is 2. The van der Waals surface area contributed by atoms with Gasteiger partial charge in [0.15, 0.2) is 0 Å². The minimum Gasteiger partial charge on any atom is -0.460 e. The SMILES string of the molecule is COCCOC(=O)C1=C(C)N(C)C(C)=C(C(=O)OC(C)C)C1c1ccc(F)cc1. The average molecular weight is 405 g/mol. The first-order valence-electron chi connectivity index (χ1n) is 9.46. The van der Waals surface area contributed by atoms with Crippen molar-refractivity contribution < 1.29 is 28.2 Å². The number of carbonyl (C=O) groups excluding carboxylic acids is 2. The molecular weight excluding hydrogens is 377 g/mol. The minimum absolute atomic E-state index is 0.0838. The molecule has 6 nitrogen and oxygen atoms in total. The molecular formula is C22H28FNO5. The van der Waals surface area contributed by atoms with Crippen LogP contribution >= 0.6 is 0 Å². The van der Waals surface area contributed by atoms with Crippen LogP contribution in [0.3, 0.4) is 0 Å². The van der Waals surface area contributed by atoms with Gasteiger partial charge in [-0.1, -0.05) is 12.1 Å². The standard InChI is InChI=1S/C22H28FNO5/c1-13(2)29-22(26)19-15(4)24(5)14(3)18(21(25)28-12-11-27-6)20(19)16-7-9-17(23)10-8-16/h7-10,13,20H,11-12H2,1-6H3. The van der Waals surface area contributed by atoms with E-state index in [0.29, 0.717) is 28.1 Å². The largest absolute Gasteiger partial charge is 0.460 e. The number of hydrogen-bond donors (Lipinski definition) is 0. The highest BCUT2D eigenvalue weighted by Gasteiger charge is 2.40. The number of nitrogens with zero attached hydrogens (tertiary/aromatic N) is 1. The van der Waals surface area contributed by atoms with Gasteiger partial charge in [0.25, 0.3) is 0 Å². The summed E-state index contributed by atoms with van der Waals surface area (Å²) in [6.45, 7) is 7.44. The number of methoxy groups -OCH3 is 1. The third-order valence-corrected chi connectivity index (χ3v) is 4.87. The van der Waals surface area contributed by atoms with Crippen LogP contribution in [-0.4, -0.2) is 50.3 Å². The van der Waals surface area contributed by atoms with Gasteiger partial charge < -0.3 is 19.1 Å². The molecule has 1 aliphatic rings. The fourth-order valence-corrected chi connectivity index (χ4v) is 3.27. The Balaban J connectivity index is 2.60. The van der Waals surface area contributed by atoms with Crippen LogP contribution in [-0.2, 0) is 23.8 Å². The van der Waals surface area contributed by atoms with E-state index in [1.54, 1.807) is 51.8 Å². The van der Waals surface area contributed by atoms with E-state index in [9.17, 15) is 14.0 Å². The van der Waals surface area contributed by atoms with Crippen molar-refractivity contribution in [3.05, 3.63) is 58.2 Å². The van der Waals surface area contributed by atoms with Crippen molar-refractivity contribution in [1.82, 2.24) is 4.90 Å². The first kappa shape index (κ1) is 22.6. The molecule has 0 bridgehead atoms. The molecule has 1 heterocycles. The third-order valence-electron chi connectivity index (χ3n) is 4.87. The van der Waals surface area contributed by atoms with Crippen molar-refractivity contribution >= 4 is 11.9 Å². The molecule has 1 aromatic rings. The maximum Gasteiger partial charge on any atom is 0.337 e. The van der Waals surface area contributed by atoms with Gasteiger partial charge in [0, 0.05) is 25.6 Å². The Morgan fingerprint density at radius 2 is 1.59 bits per heavy atom. The molecule has 158 valence electrons. The van der Waals surface area contributed by atoms with Crippen LogP contribution in [0.5, 0.6) is 0 Å². The van der Waals surface area contributed by atoms with Crippen LogP contribution in [0.25, 0.3) is 0 Å². The van der Waals surface area contributed by atoms with E-state index in [4.69, 9.17) is 14.2 Å². The number of ether oxygens (including phenoxy) is 3. The van der Waals surface area contributed by atoms with Gasteiger partial charge in [-0.05, 0) is 45.4 Å². The zero-order chi connectivity index (χ0) is 21.7. The summed E-state index contributed by atoms with van der Waals surface area (Å²) in [4.78, 5) is 27.7. The van der Waals surface area contributed by atoms with Gasteiger partial charge in [0.05, 0.1) is 29.8 Å². The van der Waals surface area contributed by atoms with Crippen molar-refractivity contribution in [2.24, 2.45) is 0 Å². The Bertz CT molecular complexity index is 826. The minimum atomic E-state index is -0.729. The molecule has 1 aliphatic heterocycles. The molecule has 2 rings (SSSR count). The van der Waals surface area contributed by atoms with Gasteiger partial charge in [-0.25, -0.2) is 14.0 Å². The predicted octanol–water partition coefficient (Wildman–Crippen LogP) is 3.54. The van der Waals surface area contributed by atoms with E-state index in [1.807, 2.05) is 0 Å². The molecule has 7 heteroatoms. The van der Waals surface area contributed by atoms with Crippen molar-refractivity contribution in [3.63, 3.8) is 0 Å². The van der Waals surface area contributed by atoms with E-state index in [1.165, 1.54) is 19.2 Å². The molecule has 1 aromatic carbocycles. The summed E-state index contributed by atoms with van der Waals surface area (Å²) in [6, 6.07) is 5.74. The van der Waals surface area contributed by atoms with Crippen LogP contribution in [0.2, 0.25) is 0 Å². The summed E-state index contributed by atoms with van der Waals surface area (Å²) in [7, 11) is 3.29. The number of benzene rings is 1. The van der Waals surface area contributed by atoms with Crippen molar-refractivity contribution in [2.45, 2.75) is 39.7 Å². The maximum absolute atomic E-state index is 13.5. The van der Waals surface area contributed by atoms with Gasteiger partial charge >= 0.3 is 11.9 Å². The Kier molecular flexibility index (Phi) is 7.56. The van der Waals surface area contributed by atoms with Crippen molar-refractivity contribution in [1.29, 1.82) is 0 Å². The summed E-state index contributed by atoms with van der Waals surface area (Å²) < 4.78 is 29.3. The predicted molar refractivity (Wildman–Crippen MR) is 106 cm³/mol. The molecule has 0 radical (unpaired) electrons. The Morgan fingerprint density at radius 3 is 2.10 bits per heavy atom. The van der Waals surface area contributed by atoms with Crippen LogP contribution in [0, 0.1) is 5.82 Å². The lowest BCUT2D eigenvalue weighted by molar-refractivity contribution is -0.143. The van der Waals surface area contributed by atoms with Crippen LogP contribution < -0.4 is 0 Å². The van der Waals surface area contributed by atoms with Crippen molar-refractivity contribution in [2.75, 3.05) is 27.4 Å². The quantitative estimate of drug-likeness (QED) is 0.511. The van der Waals surface area contributed by atoms with Crippen molar-refractivity contribution in [3.8, 4) is 0 Å². The summed E-state index contributed by atoms with van der Waals surface area (Å²) in [5, 5.41) is 0. The monoisotopic (exact) mass is 405 g/mol. The zero-order valence-corrected chi connectivity index (χ0v) is 17.7. The molecule has 0 N–H and O–H groups in total. The van der Waals surface area contributed by atoms with Crippen LogP contribution in [0.1, 0.15) is 39.2 Å². The maximum atomic E-state index is 13.5. The lowest BCUT2D eigenvalue weighted by Gasteiger charge is -2.36. The third kappa shape index (κ3) is 5.03. The topological polar surface area (TPSA) is 65.1 Å². The Hall–Kier alpha value is -2.67. The number of halogens is 1. The van der Waals surface area contributed by atoms with Gasteiger partial charge in [0.1, 0.15) is 12.4 Å². The lowest BCUT2D eigenvalue weighted by atomic mass is 9.80. The summed E-state index contributed by atoms with van der Waals surface area (Å²) in [6.07, 6.45) is -0.328. The van der Waals surface area contributed by atoms with E-state index < -0.39 is 23.7 Å². The number of rotatable bonds is 7. The van der Waals surface area contributed by atoms with Crippen LogP contribution in [0.15, 0.2) is 46.8 Å². The molecule has 1 unspecified atom stereocenters. The first-order chi connectivity index (χ1) is 13.7. The second-order valence-electron chi connectivity index (χ2n) is 7.12. The normalized spacial score (nSPS) is 17.1. The van der Waals surface area contributed by atoms with Crippen LogP contribution in [0.4, 0.5) is 4.39 Å². The molecule has 0 saturated carbocycles. The molecule has 0 aliphatic carbocycles. The number of esters is 2. The highest BCUT2D eigenvalue weighted by Crippen LogP contribution is 2.42. The number of hydrogen-bond acceptors (Lipinski definition) is 6. The average Bonchev–Trinajstić information content (AvgIpc) is 2.66. The van der Waals surface area contributed by atoms with Gasteiger partial charge in [-0.3, -0.25) is 0 Å². The van der Waals surface area contributed by atoms with E-state index in [-0.39, 0.29) is 19.3 Å². The molecule has 0 aromatic heterocycles. The molecule has 29 heavy (non-hydrogen) atoms. The smallest absolute Gasteiger partial charge is 0.337 e. The lowest BCUT2D eigenvalue weighted by Crippen LogP contribution is -2.34. The van der Waals surface area contributed by atoms with E-state index in [0.717, 1.165) is 0 Å². The fourth-order valence-electron chi connectivity index (χ4n) is 3.27. The zero-order valence-electron chi connectivity index (χ0n) is 17.7. The second-order valence-corrected chi connectivity index (χ2v) is 7.12. The number of carbonyl (C=O) groups is 2.